The van der Waals surface area contributed by atoms with E-state index in [0.717, 1.165) is 11.0 Å². The van der Waals surface area contributed by atoms with Crippen LogP contribution in [0.3, 0.4) is 0 Å². The van der Waals surface area contributed by atoms with E-state index in [1.807, 2.05) is 13.8 Å². The lowest BCUT2D eigenvalue weighted by Gasteiger charge is -2.08. The Bertz CT molecular complexity index is 665. The molecule has 0 aliphatic rings. The number of hydrogen-bond donors (Lipinski definition) is 1. The topological polar surface area (TPSA) is 56.0 Å². The highest BCUT2D eigenvalue weighted by Gasteiger charge is 2.12. The van der Waals surface area contributed by atoms with Crippen LogP contribution in [0.15, 0.2) is 23.0 Å². The molecule has 2 aromatic rings. The number of imidazole rings is 1. The van der Waals surface area contributed by atoms with Gasteiger partial charge >= 0.3 is 5.69 Å². The molecular formula is C13H17N3O2. The van der Waals surface area contributed by atoms with Crippen LogP contribution in [-0.2, 0) is 14.1 Å². The zero-order valence-corrected chi connectivity index (χ0v) is 11.0. The molecule has 0 radical (unpaired) electrons. The first-order valence-corrected chi connectivity index (χ1v) is 5.88. The second-order valence-electron chi connectivity index (χ2n) is 4.73. The summed E-state index contributed by atoms with van der Waals surface area (Å²) in [6, 6.07) is 5.37. The molecule has 1 amide bonds. The fraction of sp³-hybridized carbons (Fsp3) is 0.385. The van der Waals surface area contributed by atoms with E-state index in [2.05, 4.69) is 5.32 Å². The number of rotatable bonds is 2. The van der Waals surface area contributed by atoms with E-state index in [1.54, 1.807) is 41.4 Å². The Morgan fingerprint density at radius 2 is 1.78 bits per heavy atom. The van der Waals surface area contributed by atoms with Crippen molar-refractivity contribution in [3.8, 4) is 0 Å². The average molecular weight is 247 g/mol. The van der Waals surface area contributed by atoms with E-state index >= 15 is 0 Å². The fourth-order valence-corrected chi connectivity index (χ4v) is 1.99. The van der Waals surface area contributed by atoms with E-state index in [-0.39, 0.29) is 17.6 Å². The molecule has 0 saturated heterocycles. The first-order valence-electron chi connectivity index (χ1n) is 5.88. The summed E-state index contributed by atoms with van der Waals surface area (Å²) in [5.74, 6) is -0.122. The van der Waals surface area contributed by atoms with E-state index in [9.17, 15) is 9.59 Å². The summed E-state index contributed by atoms with van der Waals surface area (Å²) in [5, 5.41) is 2.83. The highest BCUT2D eigenvalue weighted by molar-refractivity contribution is 5.97. The van der Waals surface area contributed by atoms with Crippen molar-refractivity contribution in [1.82, 2.24) is 14.5 Å². The zero-order chi connectivity index (χ0) is 13.4. The Kier molecular flexibility index (Phi) is 2.98. The third-order valence-electron chi connectivity index (χ3n) is 2.95. The summed E-state index contributed by atoms with van der Waals surface area (Å²) in [6.45, 7) is 3.82. The number of carbonyl (C=O) groups excluding carboxylic acids is 1. The predicted octanol–water partition coefficient (Wildman–Crippen LogP) is 1.02. The first-order chi connectivity index (χ1) is 8.41. The number of benzene rings is 1. The standard InChI is InChI=1S/C13H17N3O2/c1-8(2)14-12(17)9-5-6-10-11(7-9)16(4)13(18)15(10)3/h5-8H,1-4H3,(H,14,17). The molecular weight excluding hydrogens is 230 g/mol. The summed E-state index contributed by atoms with van der Waals surface area (Å²) in [4.78, 5) is 23.7. The van der Waals surface area contributed by atoms with E-state index < -0.39 is 0 Å². The van der Waals surface area contributed by atoms with Gasteiger partial charge in [-0.2, -0.15) is 0 Å². The summed E-state index contributed by atoms with van der Waals surface area (Å²) in [5.41, 5.74) is 2.06. The minimum atomic E-state index is -0.122. The van der Waals surface area contributed by atoms with Crippen LogP contribution < -0.4 is 11.0 Å². The van der Waals surface area contributed by atoms with Gasteiger partial charge in [-0.3, -0.25) is 13.9 Å². The molecule has 0 spiro atoms. The Balaban J connectivity index is 2.54. The SMILES string of the molecule is CC(C)NC(=O)c1ccc2c(c1)n(C)c(=O)n2C. The molecule has 5 nitrogen and oxygen atoms in total. The molecule has 0 aliphatic heterocycles. The Labute approximate surface area is 105 Å². The van der Waals surface area contributed by atoms with Crippen molar-refractivity contribution in [1.29, 1.82) is 0 Å². The summed E-state index contributed by atoms with van der Waals surface area (Å²) >= 11 is 0. The molecule has 1 aromatic carbocycles. The van der Waals surface area contributed by atoms with Gasteiger partial charge in [0.1, 0.15) is 0 Å². The summed E-state index contributed by atoms with van der Waals surface area (Å²) in [6.07, 6.45) is 0. The van der Waals surface area contributed by atoms with Gasteiger partial charge in [-0.1, -0.05) is 0 Å². The van der Waals surface area contributed by atoms with E-state index in [1.165, 1.54) is 0 Å². The van der Waals surface area contributed by atoms with Crippen LogP contribution in [0.1, 0.15) is 24.2 Å². The number of nitrogens with zero attached hydrogens (tertiary/aromatic N) is 2. The monoisotopic (exact) mass is 247 g/mol. The highest BCUT2D eigenvalue weighted by Crippen LogP contribution is 2.14. The molecule has 0 saturated carbocycles. The zero-order valence-electron chi connectivity index (χ0n) is 11.0. The quantitative estimate of drug-likeness (QED) is 0.861. The maximum absolute atomic E-state index is 11.9. The molecule has 0 fully saturated rings. The maximum Gasteiger partial charge on any atom is 0.328 e. The average Bonchev–Trinajstić information content (AvgIpc) is 2.53. The minimum Gasteiger partial charge on any atom is -0.350 e. The van der Waals surface area contributed by atoms with Crippen molar-refractivity contribution >= 4 is 16.9 Å². The van der Waals surface area contributed by atoms with Crippen molar-refractivity contribution in [3.63, 3.8) is 0 Å². The Morgan fingerprint density at radius 1 is 1.17 bits per heavy atom. The number of carbonyl (C=O) groups is 1. The molecule has 0 bridgehead atoms. The van der Waals surface area contributed by atoms with Crippen LogP contribution in [0.4, 0.5) is 0 Å². The first kappa shape index (κ1) is 12.4. The van der Waals surface area contributed by atoms with Crippen molar-refractivity contribution < 1.29 is 4.79 Å². The van der Waals surface area contributed by atoms with E-state index in [0.29, 0.717) is 5.56 Å². The molecule has 1 N–H and O–H groups in total. The van der Waals surface area contributed by atoms with Gasteiger partial charge in [0.25, 0.3) is 5.91 Å². The fourth-order valence-electron chi connectivity index (χ4n) is 1.99. The molecule has 0 aliphatic carbocycles. The Morgan fingerprint density at radius 3 is 2.39 bits per heavy atom. The minimum absolute atomic E-state index is 0.0905. The molecule has 1 heterocycles. The highest BCUT2D eigenvalue weighted by atomic mass is 16.2. The van der Waals surface area contributed by atoms with Crippen LogP contribution in [0.5, 0.6) is 0 Å². The molecule has 2 rings (SSSR count). The lowest BCUT2D eigenvalue weighted by Crippen LogP contribution is -2.30. The van der Waals surface area contributed by atoms with Crippen LogP contribution in [-0.4, -0.2) is 21.1 Å². The smallest absolute Gasteiger partial charge is 0.328 e. The van der Waals surface area contributed by atoms with Crippen LogP contribution in [0, 0.1) is 0 Å². The molecule has 0 atom stereocenters. The van der Waals surface area contributed by atoms with Crippen LogP contribution >= 0.6 is 0 Å². The largest absolute Gasteiger partial charge is 0.350 e. The third kappa shape index (κ3) is 1.92. The number of amides is 1. The van der Waals surface area contributed by atoms with Crippen molar-refractivity contribution in [2.45, 2.75) is 19.9 Å². The van der Waals surface area contributed by atoms with Gasteiger partial charge < -0.3 is 5.32 Å². The number of aryl methyl sites for hydroxylation is 2. The summed E-state index contributed by atoms with van der Waals surface area (Å²) in [7, 11) is 3.42. The lowest BCUT2D eigenvalue weighted by molar-refractivity contribution is 0.0943. The molecule has 0 unspecified atom stereocenters. The molecule has 1 aromatic heterocycles. The van der Waals surface area contributed by atoms with E-state index in [4.69, 9.17) is 0 Å². The van der Waals surface area contributed by atoms with Gasteiger partial charge in [-0.15, -0.1) is 0 Å². The number of nitrogens with one attached hydrogen (secondary N) is 1. The van der Waals surface area contributed by atoms with Gasteiger partial charge in [-0.25, -0.2) is 4.79 Å². The maximum atomic E-state index is 11.9. The van der Waals surface area contributed by atoms with Gasteiger partial charge in [0, 0.05) is 25.7 Å². The normalized spacial score (nSPS) is 11.2. The van der Waals surface area contributed by atoms with Crippen LogP contribution in [0.25, 0.3) is 11.0 Å². The number of aromatic nitrogens is 2. The molecule has 96 valence electrons. The number of fused-ring (bicyclic) bond motifs is 1. The predicted molar refractivity (Wildman–Crippen MR) is 70.8 cm³/mol. The molecule has 18 heavy (non-hydrogen) atoms. The van der Waals surface area contributed by atoms with Gasteiger partial charge in [-0.05, 0) is 32.0 Å². The second kappa shape index (κ2) is 4.33. The summed E-state index contributed by atoms with van der Waals surface area (Å²) < 4.78 is 3.11. The molecule has 5 heteroatoms. The number of hydrogen-bond acceptors (Lipinski definition) is 2. The van der Waals surface area contributed by atoms with Gasteiger partial charge in [0.15, 0.2) is 0 Å². The Hall–Kier alpha value is -2.04. The van der Waals surface area contributed by atoms with Crippen molar-refractivity contribution in [3.05, 3.63) is 34.2 Å². The van der Waals surface area contributed by atoms with Crippen molar-refractivity contribution in [2.75, 3.05) is 0 Å². The van der Waals surface area contributed by atoms with Gasteiger partial charge in [0.2, 0.25) is 0 Å². The van der Waals surface area contributed by atoms with Crippen LogP contribution in [0.2, 0.25) is 0 Å². The van der Waals surface area contributed by atoms with Crippen molar-refractivity contribution in [2.24, 2.45) is 14.1 Å². The lowest BCUT2D eigenvalue weighted by atomic mass is 10.1. The van der Waals surface area contributed by atoms with Gasteiger partial charge in [0.05, 0.1) is 11.0 Å². The second-order valence-corrected chi connectivity index (χ2v) is 4.73. The third-order valence-corrected chi connectivity index (χ3v) is 2.95.